The van der Waals surface area contributed by atoms with Crippen molar-refractivity contribution in [2.75, 3.05) is 58.2 Å². The Balaban J connectivity index is 0.000000180. The number of sulfone groups is 2. The van der Waals surface area contributed by atoms with Crippen LogP contribution in [0.5, 0.6) is 5.75 Å². The first-order valence-corrected chi connectivity index (χ1v) is 43.3. The van der Waals surface area contributed by atoms with Crippen LogP contribution in [0.2, 0.25) is 10.0 Å². The zero-order chi connectivity index (χ0) is 81.4. The van der Waals surface area contributed by atoms with E-state index in [9.17, 15) is 48.8 Å². The molecule has 3 saturated heterocycles. The monoisotopic (exact) mass is 1630 g/mol. The van der Waals surface area contributed by atoms with Crippen molar-refractivity contribution in [3.63, 3.8) is 0 Å². The minimum absolute atomic E-state index is 0.0117. The molecule has 8 aromatic rings. The fourth-order valence-electron chi connectivity index (χ4n) is 15.0. The third-order valence-corrected chi connectivity index (χ3v) is 25.0. The lowest BCUT2D eigenvalue weighted by atomic mass is 9.78. The number of pyridine rings is 6. The van der Waals surface area contributed by atoms with Crippen molar-refractivity contribution in [2.45, 2.75) is 185 Å². The summed E-state index contributed by atoms with van der Waals surface area (Å²) in [6.45, 7) is 26.6. The fourth-order valence-corrected chi connectivity index (χ4v) is 18.8. The van der Waals surface area contributed by atoms with Gasteiger partial charge in [0.05, 0.1) is 29.0 Å². The smallest absolute Gasteiger partial charge is 0.329 e. The Hall–Kier alpha value is -9.02. The molecule has 4 unspecified atom stereocenters. The molecule has 4 fully saturated rings. The number of sulfonamides is 1. The minimum Gasteiger partial charge on any atom is -0.493 e. The zero-order valence-electron chi connectivity index (χ0n) is 65.4. The Morgan fingerprint density at radius 3 is 1.77 bits per heavy atom. The highest BCUT2D eigenvalue weighted by molar-refractivity contribution is 7.92. The molecule has 598 valence electrons. The fraction of sp³-hybridized carbons (Fsp3) is 0.446. The second kappa shape index (κ2) is 35.6. The van der Waals surface area contributed by atoms with Crippen LogP contribution in [0, 0.1) is 35.4 Å². The molecule has 5 atom stereocenters. The van der Waals surface area contributed by atoms with Crippen LogP contribution in [-0.4, -0.2) is 139 Å². The van der Waals surface area contributed by atoms with Crippen molar-refractivity contribution in [1.29, 1.82) is 0 Å². The van der Waals surface area contributed by atoms with Gasteiger partial charge in [-0.1, -0.05) is 101 Å². The van der Waals surface area contributed by atoms with E-state index in [-0.39, 0.29) is 49.9 Å². The Bertz CT molecular complexity index is 5150. The Morgan fingerprint density at radius 1 is 0.643 bits per heavy atom. The van der Waals surface area contributed by atoms with Gasteiger partial charge in [-0.15, -0.1) is 0 Å². The lowest BCUT2D eigenvalue weighted by Crippen LogP contribution is -2.42. The van der Waals surface area contributed by atoms with E-state index in [0.717, 1.165) is 50.0 Å². The third kappa shape index (κ3) is 21.8. The van der Waals surface area contributed by atoms with Crippen molar-refractivity contribution < 1.29 is 58.3 Å². The molecule has 112 heavy (non-hydrogen) atoms. The molecule has 1 aliphatic carbocycles. The molecular formula is C83H100Cl2FN11O12S3. The second-order valence-corrected chi connectivity index (χ2v) is 38.7. The van der Waals surface area contributed by atoms with E-state index in [1.165, 1.54) is 73.9 Å². The summed E-state index contributed by atoms with van der Waals surface area (Å²) in [7, 11) is -12.3. The number of carbonyl (C=O) groups excluding carboxylic acids is 4. The van der Waals surface area contributed by atoms with Crippen LogP contribution in [0.3, 0.4) is 0 Å². The molecule has 0 radical (unpaired) electrons. The molecule has 0 bridgehead atoms. The number of anilines is 4. The summed E-state index contributed by atoms with van der Waals surface area (Å²) in [5, 5.41) is 0.402. The zero-order valence-corrected chi connectivity index (χ0v) is 69.4. The molecule has 6 aromatic heterocycles. The van der Waals surface area contributed by atoms with E-state index < -0.39 is 87.1 Å². The average molecular weight is 1630 g/mol. The van der Waals surface area contributed by atoms with Gasteiger partial charge < -0.3 is 29.9 Å². The van der Waals surface area contributed by atoms with Crippen LogP contribution >= 0.6 is 23.2 Å². The Morgan fingerprint density at radius 2 is 1.21 bits per heavy atom. The lowest BCUT2D eigenvalue weighted by molar-refractivity contribution is -0.156. The topological polar surface area (TPSA) is 314 Å². The molecule has 23 nitrogen and oxygen atoms in total. The van der Waals surface area contributed by atoms with Gasteiger partial charge in [0.2, 0.25) is 19.7 Å². The van der Waals surface area contributed by atoms with Crippen LogP contribution in [0.25, 0.3) is 11.3 Å². The predicted octanol–water partition coefficient (Wildman–Crippen LogP) is 15.1. The highest BCUT2D eigenvalue weighted by Crippen LogP contribution is 2.41. The average Bonchev–Trinajstić information content (AvgIpc) is 1.73. The number of nitrogens with one attached hydrogen (secondary N) is 1. The van der Waals surface area contributed by atoms with Crippen molar-refractivity contribution in [3.05, 3.63) is 189 Å². The van der Waals surface area contributed by atoms with Crippen molar-refractivity contribution >= 4 is 99.6 Å². The minimum atomic E-state index is -4.41. The number of hydrogen-bond donors (Lipinski definition) is 2. The standard InChI is InChI=1S/C30H36FN5O6S.C27H37N3O3S.C26H27Cl2N3O3S/c1-18(2)17-41-21-15-19(14-20(31)16-21)23-12-11-22(28(37)35-43(39,40)26-10-6-9-25(32)34-26)27(33-23)36-13-7-8-24(36)29(38)42-30(3,4)5;1-19-16-27(3,4)30(17-19)26-23(12-8-14-28-26)24(31)18-34(32,33)25-13-7-11-22(29-25)15-21-10-6-5-9-20(21)2;1-17-14-26(2,3)31(15-17)25-21(7-5-11-29-25)23(32)16-35(33,34)24-8-4-6-20(30-24)12-18-9-10-19(27)13-22(18)28/h6,9-12,14-16,18,24H,7-8,13,17H2,1-5H3,(H2,32,34)(H,35,37);7-8,11-14,19-21H,5-6,9-10,15-18H2,1-4H3;4-11,13,17H,12,14-16H2,1-3H3/t24-;;/m1../s1. The van der Waals surface area contributed by atoms with E-state index in [2.05, 4.69) is 88.2 Å². The maximum absolute atomic E-state index is 14.6. The molecule has 1 saturated carbocycles. The molecule has 4 aliphatic rings. The van der Waals surface area contributed by atoms with E-state index >= 15 is 0 Å². The number of Topliss-reactive ketones (excluding diaryl/α,β-unsaturated/α-hetero) is 2. The van der Waals surface area contributed by atoms with Crippen molar-refractivity contribution in [1.82, 2.24) is 34.6 Å². The van der Waals surface area contributed by atoms with Crippen LogP contribution in [0.1, 0.15) is 182 Å². The summed E-state index contributed by atoms with van der Waals surface area (Å²) >= 11 is 12.2. The first-order chi connectivity index (χ1) is 52.6. The van der Waals surface area contributed by atoms with Crippen LogP contribution in [0.4, 0.5) is 27.7 Å². The van der Waals surface area contributed by atoms with E-state index in [0.29, 0.717) is 106 Å². The number of aromatic nitrogens is 6. The summed E-state index contributed by atoms with van der Waals surface area (Å²) in [4.78, 5) is 85.3. The number of ketones is 2. The SMILES string of the molecule is CC(C)COc1cc(F)cc(-c2ccc(C(=O)NS(=O)(=O)c3cccc(N)n3)c(N3CCC[C@@H]3C(=O)OC(C)(C)C)n2)c1.CC1CN(c2ncccc2C(=O)CS(=O)(=O)c2cccc(CC3CCCCC3C)n2)C(C)(C)C1.CC1CN(c2ncccc2C(=O)CS(=O)(=O)c2cccc(Cc3ccc(Cl)cc3Cl)n2)C(C)(C)C1. The van der Waals surface area contributed by atoms with Gasteiger partial charge in [-0.25, -0.2) is 60.6 Å². The molecule has 0 spiro atoms. The van der Waals surface area contributed by atoms with Gasteiger partial charge in [0.15, 0.2) is 26.6 Å². The van der Waals surface area contributed by atoms with Gasteiger partial charge >= 0.3 is 5.97 Å². The Kier molecular flexibility index (Phi) is 27.1. The van der Waals surface area contributed by atoms with Crippen molar-refractivity contribution in [2.24, 2.45) is 29.6 Å². The van der Waals surface area contributed by atoms with Gasteiger partial charge in [0.1, 0.15) is 58.0 Å². The molecule has 3 N–H and O–H groups in total. The normalized spacial score (nSPS) is 18.9. The second-order valence-electron chi connectivity index (χ2n) is 32.3. The maximum Gasteiger partial charge on any atom is 0.329 e. The molecule has 1 amide bonds. The predicted molar refractivity (Wildman–Crippen MR) is 434 cm³/mol. The maximum atomic E-state index is 14.6. The first-order valence-electron chi connectivity index (χ1n) is 37.7. The highest BCUT2D eigenvalue weighted by Gasteiger charge is 2.42. The van der Waals surface area contributed by atoms with E-state index in [4.69, 9.17) is 38.4 Å². The summed E-state index contributed by atoms with van der Waals surface area (Å²) in [6, 6.07) is 32.0. The third-order valence-electron chi connectivity index (χ3n) is 20.1. The number of halogens is 3. The molecule has 12 rings (SSSR count). The van der Waals surface area contributed by atoms with E-state index in [1.807, 2.05) is 24.6 Å². The number of benzene rings is 2. The van der Waals surface area contributed by atoms with Gasteiger partial charge in [0.25, 0.3) is 15.9 Å². The summed E-state index contributed by atoms with van der Waals surface area (Å²) in [5.41, 5.74) is 7.86. The Labute approximate surface area is 667 Å². The summed E-state index contributed by atoms with van der Waals surface area (Å²) < 4.78 is 107. The lowest BCUT2D eigenvalue weighted by Gasteiger charge is -2.33. The molecule has 2 aromatic carbocycles. The number of nitrogen functional groups attached to an aromatic ring is 1. The quantitative estimate of drug-likeness (QED) is 0.0444. The number of nitrogens with two attached hydrogens (primary N) is 1. The number of ether oxygens (including phenoxy) is 2. The molecule has 29 heteroatoms. The molecular weight excluding hydrogens is 1530 g/mol. The van der Waals surface area contributed by atoms with Gasteiger partial charge in [0, 0.05) is 82.6 Å². The van der Waals surface area contributed by atoms with E-state index in [1.54, 1.807) is 105 Å². The number of carbonyl (C=O) groups is 4. The van der Waals surface area contributed by atoms with Gasteiger partial charge in [-0.05, 0) is 219 Å². The first kappa shape index (κ1) is 85.4. The molecule has 9 heterocycles. The van der Waals surface area contributed by atoms with Crippen LogP contribution < -0.4 is 29.9 Å². The highest BCUT2D eigenvalue weighted by atomic mass is 35.5. The summed E-state index contributed by atoms with van der Waals surface area (Å²) in [6.07, 6.45) is 12.3. The number of amides is 1. The molecule has 3 aliphatic heterocycles. The van der Waals surface area contributed by atoms with Crippen molar-refractivity contribution in [3.8, 4) is 17.0 Å². The van der Waals surface area contributed by atoms with Crippen LogP contribution in [0.15, 0.2) is 155 Å². The number of rotatable bonds is 23. The number of nitrogens with zero attached hydrogens (tertiary/aromatic N) is 9. The summed E-state index contributed by atoms with van der Waals surface area (Å²) in [5.74, 6) is -0.562. The van der Waals surface area contributed by atoms with Gasteiger partial charge in [-0.2, -0.15) is 8.42 Å². The largest absolute Gasteiger partial charge is 0.493 e. The van der Waals surface area contributed by atoms with Gasteiger partial charge in [-0.3, -0.25) is 14.4 Å². The number of hydrogen-bond acceptors (Lipinski definition) is 22. The van der Waals surface area contributed by atoms with Crippen LogP contribution in [-0.2, 0) is 52.1 Å². The number of esters is 1.